The van der Waals surface area contributed by atoms with Gasteiger partial charge in [-0.1, -0.05) is 37.3 Å². The third-order valence-electron chi connectivity index (χ3n) is 5.63. The highest BCUT2D eigenvalue weighted by Crippen LogP contribution is 2.41. The number of carbonyl (C=O) groups is 2. The summed E-state index contributed by atoms with van der Waals surface area (Å²) in [6, 6.07) is 8.14. The van der Waals surface area contributed by atoms with Crippen molar-refractivity contribution >= 4 is 17.4 Å². The Morgan fingerprint density at radius 2 is 1.96 bits per heavy atom. The van der Waals surface area contributed by atoms with Crippen LogP contribution in [0.25, 0.3) is 5.57 Å². The predicted molar refractivity (Wildman–Crippen MR) is 101 cm³/mol. The number of likely N-dealkylation sites (tertiary alicyclic amines) is 1. The molecule has 0 bridgehead atoms. The van der Waals surface area contributed by atoms with E-state index in [2.05, 4.69) is 35.7 Å². The molecule has 5 heteroatoms. The number of aliphatic hydroxyl groups excluding tert-OH is 1. The summed E-state index contributed by atoms with van der Waals surface area (Å²) < 4.78 is 0. The smallest absolute Gasteiger partial charge is 0.220 e. The van der Waals surface area contributed by atoms with Crippen LogP contribution in [0.5, 0.6) is 0 Å². The van der Waals surface area contributed by atoms with Crippen LogP contribution in [0.1, 0.15) is 56.6 Å². The molecule has 1 aliphatic heterocycles. The molecule has 1 aromatic carbocycles. The van der Waals surface area contributed by atoms with Gasteiger partial charge in [0.05, 0.1) is 18.7 Å². The van der Waals surface area contributed by atoms with E-state index in [1.165, 1.54) is 24.5 Å². The van der Waals surface area contributed by atoms with Crippen LogP contribution in [0, 0.1) is 0 Å². The van der Waals surface area contributed by atoms with Crippen LogP contribution in [0.15, 0.2) is 30.3 Å². The van der Waals surface area contributed by atoms with Crippen LogP contribution in [0.2, 0.25) is 0 Å². The predicted octanol–water partition coefficient (Wildman–Crippen LogP) is 2.46. The van der Waals surface area contributed by atoms with Gasteiger partial charge < -0.3 is 15.3 Å². The highest BCUT2D eigenvalue weighted by molar-refractivity contribution is 5.77. The van der Waals surface area contributed by atoms with E-state index >= 15 is 0 Å². The van der Waals surface area contributed by atoms with Crippen molar-refractivity contribution in [3.05, 3.63) is 41.5 Å². The number of nitrogens with one attached hydrogen (secondary N) is 1. The minimum Gasteiger partial charge on any atom is -0.394 e. The molecule has 2 N–H and O–H groups in total. The lowest BCUT2D eigenvalue weighted by Gasteiger charge is -2.54. The molecule has 3 atom stereocenters. The first-order valence-electron chi connectivity index (χ1n) is 9.52. The molecule has 1 aliphatic carbocycles. The fourth-order valence-electron chi connectivity index (χ4n) is 4.28. The van der Waals surface area contributed by atoms with Crippen molar-refractivity contribution < 1.29 is 14.7 Å². The molecule has 0 radical (unpaired) electrons. The molecule has 0 saturated carbocycles. The van der Waals surface area contributed by atoms with Gasteiger partial charge >= 0.3 is 0 Å². The van der Waals surface area contributed by atoms with Gasteiger partial charge in [0.2, 0.25) is 11.8 Å². The number of aliphatic hydroxyl groups is 1. The van der Waals surface area contributed by atoms with E-state index in [1.807, 2.05) is 6.92 Å². The number of benzene rings is 1. The van der Waals surface area contributed by atoms with Crippen LogP contribution in [0.4, 0.5) is 0 Å². The van der Waals surface area contributed by atoms with Crippen LogP contribution >= 0.6 is 0 Å². The van der Waals surface area contributed by atoms with Crippen molar-refractivity contribution in [2.45, 2.75) is 57.5 Å². The molecule has 0 unspecified atom stereocenters. The van der Waals surface area contributed by atoms with Gasteiger partial charge in [-0.15, -0.1) is 0 Å². The van der Waals surface area contributed by atoms with E-state index in [-0.39, 0.29) is 36.4 Å². The molecule has 2 amide bonds. The quantitative estimate of drug-likeness (QED) is 0.823. The van der Waals surface area contributed by atoms with Gasteiger partial charge in [-0.05, 0) is 36.0 Å². The van der Waals surface area contributed by atoms with Crippen LogP contribution in [-0.2, 0) is 9.59 Å². The summed E-state index contributed by atoms with van der Waals surface area (Å²) >= 11 is 0. The fourth-order valence-corrected chi connectivity index (χ4v) is 4.28. The number of hydrogen-bond donors (Lipinski definition) is 2. The van der Waals surface area contributed by atoms with Gasteiger partial charge in [-0.3, -0.25) is 9.59 Å². The number of nitrogens with zero attached hydrogens (tertiary/aromatic N) is 1. The first-order valence-corrected chi connectivity index (χ1v) is 9.52. The average Bonchev–Trinajstić information content (AvgIpc) is 3.15. The van der Waals surface area contributed by atoms with E-state index in [9.17, 15) is 14.7 Å². The molecular formula is C21H28N2O3. The molecule has 1 heterocycles. The number of carbonyl (C=O) groups excluding carboxylic acids is 2. The molecule has 1 aromatic rings. The van der Waals surface area contributed by atoms with Crippen LogP contribution < -0.4 is 5.32 Å². The minimum atomic E-state index is -0.229. The first kappa shape index (κ1) is 18.6. The summed E-state index contributed by atoms with van der Waals surface area (Å²) in [5.74, 6) is -0.0559. The third kappa shape index (κ3) is 3.54. The van der Waals surface area contributed by atoms with Crippen LogP contribution in [0.3, 0.4) is 0 Å². The van der Waals surface area contributed by atoms with Crippen molar-refractivity contribution in [2.24, 2.45) is 0 Å². The second-order valence-corrected chi connectivity index (χ2v) is 7.17. The van der Waals surface area contributed by atoms with E-state index in [4.69, 9.17) is 0 Å². The molecule has 0 aromatic heterocycles. The molecule has 0 spiro atoms. The largest absolute Gasteiger partial charge is 0.394 e. The topological polar surface area (TPSA) is 69.6 Å². The molecular weight excluding hydrogens is 328 g/mol. The van der Waals surface area contributed by atoms with Gasteiger partial charge in [-0.2, -0.15) is 0 Å². The Balaban J connectivity index is 1.79. The van der Waals surface area contributed by atoms with E-state index in [0.717, 1.165) is 18.4 Å². The zero-order valence-corrected chi connectivity index (χ0v) is 15.6. The summed E-state index contributed by atoms with van der Waals surface area (Å²) in [6.45, 7) is 3.67. The SMILES string of the molecule is CCC(=O)NC[C@@H]1[C@@H](c2ccc(C3=CCCC3)cc2)[C@@H](CO)N1C(C)=O. The summed E-state index contributed by atoms with van der Waals surface area (Å²) in [7, 11) is 0. The second-order valence-electron chi connectivity index (χ2n) is 7.17. The van der Waals surface area contributed by atoms with Gasteiger partial charge in [0.15, 0.2) is 0 Å². The van der Waals surface area contributed by atoms with Gasteiger partial charge in [0, 0.05) is 25.8 Å². The van der Waals surface area contributed by atoms with Gasteiger partial charge in [-0.25, -0.2) is 0 Å². The number of hydrogen-bond acceptors (Lipinski definition) is 3. The van der Waals surface area contributed by atoms with Crippen molar-refractivity contribution in [2.75, 3.05) is 13.2 Å². The minimum absolute atomic E-state index is 0.0248. The summed E-state index contributed by atoms with van der Waals surface area (Å²) in [5.41, 5.74) is 3.77. The molecule has 140 valence electrons. The highest BCUT2D eigenvalue weighted by atomic mass is 16.3. The Morgan fingerprint density at radius 3 is 2.50 bits per heavy atom. The monoisotopic (exact) mass is 356 g/mol. The normalized spacial score (nSPS) is 24.8. The number of allylic oxidation sites excluding steroid dienone is 2. The van der Waals surface area contributed by atoms with Crippen molar-refractivity contribution in [1.29, 1.82) is 0 Å². The summed E-state index contributed by atoms with van der Waals surface area (Å²) in [4.78, 5) is 25.4. The van der Waals surface area contributed by atoms with Crippen molar-refractivity contribution in [1.82, 2.24) is 10.2 Å². The Labute approximate surface area is 155 Å². The lowest BCUT2D eigenvalue weighted by Crippen LogP contribution is -2.68. The maximum atomic E-state index is 12.0. The summed E-state index contributed by atoms with van der Waals surface area (Å²) in [5, 5.41) is 12.7. The summed E-state index contributed by atoms with van der Waals surface area (Å²) in [6.07, 6.45) is 6.23. The standard InChI is InChI=1S/C21H28N2O3/c1-3-20(26)22-12-18-21(19(13-24)23(18)14(2)25)17-10-8-16(9-11-17)15-6-4-5-7-15/h6,8-11,18-19,21,24H,3-5,7,12-13H2,1-2H3,(H,22,26)/t18-,19-,21-/m1/s1. The first-order chi connectivity index (χ1) is 12.6. The van der Waals surface area contributed by atoms with E-state index in [1.54, 1.807) is 4.90 Å². The average molecular weight is 356 g/mol. The van der Waals surface area contributed by atoms with Gasteiger partial charge in [0.1, 0.15) is 0 Å². The molecule has 3 rings (SSSR count). The number of amides is 2. The Morgan fingerprint density at radius 1 is 1.23 bits per heavy atom. The van der Waals surface area contributed by atoms with Crippen molar-refractivity contribution in [3.8, 4) is 0 Å². The van der Waals surface area contributed by atoms with E-state index in [0.29, 0.717) is 13.0 Å². The van der Waals surface area contributed by atoms with Crippen LogP contribution in [-0.4, -0.2) is 47.1 Å². The molecule has 26 heavy (non-hydrogen) atoms. The van der Waals surface area contributed by atoms with Crippen molar-refractivity contribution in [3.63, 3.8) is 0 Å². The third-order valence-corrected chi connectivity index (χ3v) is 5.63. The lowest BCUT2D eigenvalue weighted by atomic mass is 9.74. The second kappa shape index (κ2) is 8.04. The maximum absolute atomic E-state index is 12.0. The Kier molecular flexibility index (Phi) is 5.77. The Hall–Kier alpha value is -2.14. The zero-order chi connectivity index (χ0) is 18.7. The van der Waals surface area contributed by atoms with E-state index < -0.39 is 0 Å². The van der Waals surface area contributed by atoms with Gasteiger partial charge in [0.25, 0.3) is 0 Å². The lowest BCUT2D eigenvalue weighted by molar-refractivity contribution is -0.148. The molecule has 1 fully saturated rings. The molecule has 1 saturated heterocycles. The Bertz CT molecular complexity index is 696. The number of rotatable bonds is 6. The molecule has 2 aliphatic rings. The zero-order valence-electron chi connectivity index (χ0n) is 15.6. The fraction of sp³-hybridized carbons (Fsp3) is 0.524. The molecule has 5 nitrogen and oxygen atoms in total. The maximum Gasteiger partial charge on any atom is 0.220 e. The highest BCUT2D eigenvalue weighted by Gasteiger charge is 2.49.